The van der Waals surface area contributed by atoms with Crippen molar-refractivity contribution in [2.24, 2.45) is 0 Å². The lowest BCUT2D eigenvalue weighted by Gasteiger charge is -2.34. The predicted molar refractivity (Wildman–Crippen MR) is 93.8 cm³/mol. The van der Waals surface area contributed by atoms with Gasteiger partial charge in [-0.3, -0.25) is 9.59 Å². The Bertz CT molecular complexity index is 844. The molecule has 0 saturated carbocycles. The minimum absolute atomic E-state index is 0.0552. The summed E-state index contributed by atoms with van der Waals surface area (Å²) in [6.45, 7) is 5.00. The number of hydrogen-bond donors (Lipinski definition) is 0. The molecule has 0 atom stereocenters. The molecule has 1 aliphatic heterocycles. The van der Waals surface area contributed by atoms with Gasteiger partial charge in [-0.2, -0.15) is 0 Å². The highest BCUT2D eigenvalue weighted by Crippen LogP contribution is 2.20. The first-order valence-electron chi connectivity index (χ1n) is 8.41. The zero-order valence-electron chi connectivity index (χ0n) is 14.6. The van der Waals surface area contributed by atoms with Crippen molar-refractivity contribution in [3.8, 4) is 0 Å². The van der Waals surface area contributed by atoms with Crippen LogP contribution in [0.25, 0.3) is 0 Å². The number of nitrogens with zero attached hydrogens (tertiary/aromatic N) is 3. The van der Waals surface area contributed by atoms with Crippen LogP contribution in [-0.2, 0) is 6.42 Å². The van der Waals surface area contributed by atoms with E-state index in [1.54, 1.807) is 11.8 Å². The highest BCUT2D eigenvalue weighted by molar-refractivity contribution is 6.31. The summed E-state index contributed by atoms with van der Waals surface area (Å²) in [7, 11) is 0. The highest BCUT2D eigenvalue weighted by atomic mass is 35.5. The minimum Gasteiger partial charge on any atom is -0.360 e. The van der Waals surface area contributed by atoms with Crippen LogP contribution >= 0.6 is 11.6 Å². The summed E-state index contributed by atoms with van der Waals surface area (Å²) >= 11 is 5.86. The SMILES string of the molecule is CCc1onc(C)c1C(=O)N1CCN(C(=O)c2cc(Cl)ccc2F)CC1. The standard InChI is InChI=1S/C18H19ClFN3O3/c1-3-15-16(11(2)21-26-15)18(25)23-8-6-22(7-9-23)17(24)13-10-12(19)4-5-14(13)20/h4-5,10H,3,6-9H2,1-2H3. The Kier molecular flexibility index (Phi) is 5.27. The van der Waals surface area contributed by atoms with E-state index < -0.39 is 11.7 Å². The maximum atomic E-state index is 13.9. The third-order valence-electron chi connectivity index (χ3n) is 4.48. The Hall–Kier alpha value is -2.41. The van der Waals surface area contributed by atoms with Gasteiger partial charge >= 0.3 is 0 Å². The van der Waals surface area contributed by atoms with Gasteiger partial charge in [-0.15, -0.1) is 0 Å². The summed E-state index contributed by atoms with van der Waals surface area (Å²) in [4.78, 5) is 28.5. The molecule has 2 amide bonds. The Labute approximate surface area is 155 Å². The number of aryl methyl sites for hydroxylation is 2. The van der Waals surface area contributed by atoms with Crippen molar-refractivity contribution in [2.45, 2.75) is 20.3 Å². The molecule has 1 aromatic carbocycles. The summed E-state index contributed by atoms with van der Waals surface area (Å²) in [6, 6.07) is 3.90. The zero-order valence-corrected chi connectivity index (χ0v) is 15.3. The van der Waals surface area contributed by atoms with Crippen molar-refractivity contribution >= 4 is 23.4 Å². The average Bonchev–Trinajstić information content (AvgIpc) is 3.03. The number of benzene rings is 1. The van der Waals surface area contributed by atoms with Crippen LogP contribution in [0.1, 0.15) is 39.1 Å². The average molecular weight is 380 g/mol. The highest BCUT2D eigenvalue weighted by Gasteiger charge is 2.30. The van der Waals surface area contributed by atoms with Crippen molar-refractivity contribution in [1.82, 2.24) is 15.0 Å². The van der Waals surface area contributed by atoms with Crippen molar-refractivity contribution in [1.29, 1.82) is 0 Å². The Morgan fingerprint density at radius 3 is 2.42 bits per heavy atom. The van der Waals surface area contributed by atoms with Crippen molar-refractivity contribution in [2.75, 3.05) is 26.2 Å². The molecule has 26 heavy (non-hydrogen) atoms. The number of aromatic nitrogens is 1. The number of piperazine rings is 1. The molecule has 0 spiro atoms. The van der Waals surface area contributed by atoms with E-state index in [0.717, 1.165) is 0 Å². The lowest BCUT2D eigenvalue weighted by Crippen LogP contribution is -2.50. The van der Waals surface area contributed by atoms with Gasteiger partial charge in [-0.05, 0) is 25.1 Å². The number of carbonyl (C=O) groups is 2. The van der Waals surface area contributed by atoms with Gasteiger partial charge in [0.15, 0.2) is 0 Å². The van der Waals surface area contributed by atoms with Gasteiger partial charge in [0.1, 0.15) is 17.1 Å². The van der Waals surface area contributed by atoms with Gasteiger partial charge in [0.2, 0.25) is 0 Å². The molecule has 0 aliphatic carbocycles. The maximum absolute atomic E-state index is 13.9. The second-order valence-electron chi connectivity index (χ2n) is 6.13. The molecule has 0 unspecified atom stereocenters. The molecule has 2 heterocycles. The lowest BCUT2D eigenvalue weighted by atomic mass is 10.1. The quantitative estimate of drug-likeness (QED) is 0.822. The van der Waals surface area contributed by atoms with Crippen molar-refractivity contribution in [3.63, 3.8) is 0 Å². The first kappa shape index (κ1) is 18.4. The molecule has 138 valence electrons. The van der Waals surface area contributed by atoms with Gasteiger partial charge < -0.3 is 14.3 Å². The molecule has 0 N–H and O–H groups in total. The Balaban J connectivity index is 1.69. The number of amides is 2. The van der Waals surface area contributed by atoms with E-state index in [4.69, 9.17) is 16.1 Å². The van der Waals surface area contributed by atoms with E-state index in [-0.39, 0.29) is 11.5 Å². The molecule has 1 saturated heterocycles. The molecule has 2 aromatic rings. The molecule has 1 aliphatic rings. The molecule has 0 radical (unpaired) electrons. The second kappa shape index (κ2) is 7.45. The van der Waals surface area contributed by atoms with Crippen LogP contribution in [0.3, 0.4) is 0 Å². The van der Waals surface area contributed by atoms with Crippen molar-refractivity contribution < 1.29 is 18.5 Å². The summed E-state index contributed by atoms with van der Waals surface area (Å²) < 4.78 is 19.1. The maximum Gasteiger partial charge on any atom is 0.259 e. The van der Waals surface area contributed by atoms with Crippen LogP contribution in [0.15, 0.2) is 22.7 Å². The van der Waals surface area contributed by atoms with E-state index in [0.29, 0.717) is 54.6 Å². The van der Waals surface area contributed by atoms with E-state index in [9.17, 15) is 14.0 Å². The molecule has 6 nitrogen and oxygen atoms in total. The van der Waals surface area contributed by atoms with Crippen LogP contribution in [0.2, 0.25) is 5.02 Å². The molecular formula is C18H19ClFN3O3. The van der Waals surface area contributed by atoms with Gasteiger partial charge in [0, 0.05) is 37.6 Å². The third-order valence-corrected chi connectivity index (χ3v) is 4.72. The number of rotatable bonds is 3. The fraction of sp³-hybridized carbons (Fsp3) is 0.389. The predicted octanol–water partition coefficient (Wildman–Crippen LogP) is 2.94. The molecule has 3 rings (SSSR count). The summed E-state index contributed by atoms with van der Waals surface area (Å²) in [5, 5.41) is 4.17. The first-order chi connectivity index (χ1) is 12.4. The fourth-order valence-corrected chi connectivity index (χ4v) is 3.21. The lowest BCUT2D eigenvalue weighted by molar-refractivity contribution is 0.0531. The van der Waals surface area contributed by atoms with Gasteiger partial charge in [-0.25, -0.2) is 4.39 Å². The smallest absolute Gasteiger partial charge is 0.259 e. The molecule has 0 bridgehead atoms. The van der Waals surface area contributed by atoms with Crippen LogP contribution < -0.4 is 0 Å². The minimum atomic E-state index is -0.606. The summed E-state index contributed by atoms with van der Waals surface area (Å²) in [5.74, 6) is -0.619. The molecule has 1 fully saturated rings. The van der Waals surface area contributed by atoms with Crippen LogP contribution in [-0.4, -0.2) is 52.9 Å². The van der Waals surface area contributed by atoms with Crippen molar-refractivity contribution in [3.05, 3.63) is 51.6 Å². The largest absolute Gasteiger partial charge is 0.360 e. The van der Waals surface area contributed by atoms with E-state index >= 15 is 0 Å². The van der Waals surface area contributed by atoms with Crippen LogP contribution in [0.5, 0.6) is 0 Å². The third kappa shape index (κ3) is 3.44. The number of hydrogen-bond acceptors (Lipinski definition) is 4. The second-order valence-corrected chi connectivity index (χ2v) is 6.56. The van der Waals surface area contributed by atoms with Gasteiger partial charge in [0.05, 0.1) is 11.3 Å². The van der Waals surface area contributed by atoms with Gasteiger partial charge in [-0.1, -0.05) is 23.7 Å². The molecule has 1 aromatic heterocycles. The Morgan fingerprint density at radius 2 is 1.81 bits per heavy atom. The number of halogens is 2. The summed E-state index contributed by atoms with van der Waals surface area (Å²) in [6.07, 6.45) is 0.578. The topological polar surface area (TPSA) is 66.7 Å². The normalized spacial score (nSPS) is 14.6. The molecular weight excluding hydrogens is 361 g/mol. The van der Waals surface area contributed by atoms with E-state index in [1.807, 2.05) is 6.92 Å². The van der Waals surface area contributed by atoms with Crippen LogP contribution in [0, 0.1) is 12.7 Å². The molecule has 8 heteroatoms. The zero-order chi connectivity index (χ0) is 18.8. The van der Waals surface area contributed by atoms with Crippen LogP contribution in [0.4, 0.5) is 4.39 Å². The summed E-state index contributed by atoms with van der Waals surface area (Å²) in [5.41, 5.74) is 1.000. The fourth-order valence-electron chi connectivity index (χ4n) is 3.03. The Morgan fingerprint density at radius 1 is 1.19 bits per heavy atom. The van der Waals surface area contributed by atoms with E-state index in [2.05, 4.69) is 5.16 Å². The monoisotopic (exact) mass is 379 g/mol. The van der Waals surface area contributed by atoms with E-state index in [1.165, 1.54) is 23.1 Å². The number of carbonyl (C=O) groups excluding carboxylic acids is 2. The first-order valence-corrected chi connectivity index (χ1v) is 8.79. The van der Waals surface area contributed by atoms with Gasteiger partial charge in [0.25, 0.3) is 11.8 Å².